The molecular formula is C23H25ClN6O2. The van der Waals surface area contributed by atoms with Crippen molar-refractivity contribution in [3.8, 4) is 5.75 Å². The minimum Gasteiger partial charge on any atom is -0.484 e. The zero-order chi connectivity index (χ0) is 22.5. The molecular weight excluding hydrogens is 428 g/mol. The van der Waals surface area contributed by atoms with Crippen LogP contribution < -0.4 is 15.0 Å². The van der Waals surface area contributed by atoms with Crippen molar-refractivity contribution in [2.75, 3.05) is 43.0 Å². The normalized spacial score (nSPS) is 13.7. The Morgan fingerprint density at radius 1 is 1.03 bits per heavy atom. The summed E-state index contributed by atoms with van der Waals surface area (Å²) in [7, 11) is 0. The second-order valence-electron chi connectivity index (χ2n) is 7.61. The number of amides is 1. The highest BCUT2D eigenvalue weighted by molar-refractivity contribution is 6.30. The van der Waals surface area contributed by atoms with Crippen LogP contribution >= 0.6 is 11.6 Å². The molecule has 4 rings (SSSR count). The Morgan fingerprint density at radius 3 is 2.50 bits per heavy atom. The molecule has 0 radical (unpaired) electrons. The summed E-state index contributed by atoms with van der Waals surface area (Å²) in [6.45, 7) is 6.47. The van der Waals surface area contributed by atoms with Crippen LogP contribution in [0.3, 0.4) is 0 Å². The number of hydrogen-bond donors (Lipinski definition) is 1. The van der Waals surface area contributed by atoms with Gasteiger partial charge in [0.15, 0.2) is 6.61 Å². The molecule has 3 heterocycles. The fourth-order valence-electron chi connectivity index (χ4n) is 3.47. The average Bonchev–Trinajstić information content (AvgIpc) is 2.78. The smallest absolute Gasteiger partial charge is 0.260 e. The van der Waals surface area contributed by atoms with Gasteiger partial charge in [-0.2, -0.15) is 0 Å². The molecule has 1 N–H and O–H groups in total. The molecule has 3 aromatic rings. The Bertz CT molecular complexity index is 1080. The zero-order valence-electron chi connectivity index (χ0n) is 18.1. The molecule has 0 bridgehead atoms. The second kappa shape index (κ2) is 9.82. The maximum absolute atomic E-state index is 12.5. The molecule has 1 amide bonds. The molecule has 0 saturated carbocycles. The van der Waals surface area contributed by atoms with E-state index in [1.165, 1.54) is 0 Å². The van der Waals surface area contributed by atoms with Crippen molar-refractivity contribution in [2.24, 2.45) is 0 Å². The summed E-state index contributed by atoms with van der Waals surface area (Å²) in [5, 5.41) is 3.88. The van der Waals surface area contributed by atoms with Gasteiger partial charge >= 0.3 is 0 Å². The molecule has 32 heavy (non-hydrogen) atoms. The van der Waals surface area contributed by atoms with Crippen molar-refractivity contribution in [3.63, 3.8) is 0 Å². The van der Waals surface area contributed by atoms with Gasteiger partial charge in [-0.3, -0.25) is 4.79 Å². The Labute approximate surface area is 192 Å². The number of carbonyl (C=O) groups is 1. The number of hydrogen-bond acceptors (Lipinski definition) is 7. The van der Waals surface area contributed by atoms with Crippen LogP contribution in [0.4, 0.5) is 17.5 Å². The molecule has 166 valence electrons. The predicted molar refractivity (Wildman–Crippen MR) is 125 cm³/mol. The third-order valence-corrected chi connectivity index (χ3v) is 5.38. The molecule has 0 unspecified atom stereocenters. The lowest BCUT2D eigenvalue weighted by Crippen LogP contribution is -2.50. The molecule has 1 aliphatic heterocycles. The summed E-state index contributed by atoms with van der Waals surface area (Å²) in [6, 6.07) is 12.8. The zero-order valence-corrected chi connectivity index (χ0v) is 18.8. The Morgan fingerprint density at radius 2 is 1.78 bits per heavy atom. The largest absolute Gasteiger partial charge is 0.484 e. The van der Waals surface area contributed by atoms with E-state index in [2.05, 4.69) is 25.2 Å². The van der Waals surface area contributed by atoms with Crippen LogP contribution in [0.15, 0.2) is 48.7 Å². The van der Waals surface area contributed by atoms with Gasteiger partial charge in [-0.05, 0) is 55.8 Å². The lowest BCUT2D eigenvalue weighted by molar-refractivity contribution is -0.133. The number of benzene rings is 1. The lowest BCUT2D eigenvalue weighted by Gasteiger charge is -2.35. The third-order valence-electron chi connectivity index (χ3n) is 5.13. The number of ether oxygens (including phenoxy) is 1. The summed E-state index contributed by atoms with van der Waals surface area (Å²) in [6.07, 6.45) is 1.76. The van der Waals surface area contributed by atoms with Crippen molar-refractivity contribution in [1.29, 1.82) is 0 Å². The van der Waals surface area contributed by atoms with E-state index in [9.17, 15) is 4.79 Å². The van der Waals surface area contributed by atoms with Gasteiger partial charge in [0.2, 0.25) is 0 Å². The maximum atomic E-state index is 12.5. The van der Waals surface area contributed by atoms with Gasteiger partial charge in [-0.25, -0.2) is 15.0 Å². The van der Waals surface area contributed by atoms with E-state index in [1.54, 1.807) is 30.5 Å². The Kier molecular flexibility index (Phi) is 6.70. The summed E-state index contributed by atoms with van der Waals surface area (Å²) < 4.78 is 5.59. The van der Waals surface area contributed by atoms with E-state index in [-0.39, 0.29) is 12.5 Å². The quantitative estimate of drug-likeness (QED) is 0.611. The third kappa shape index (κ3) is 5.64. The van der Waals surface area contributed by atoms with Gasteiger partial charge in [0, 0.05) is 43.5 Å². The van der Waals surface area contributed by atoms with Crippen molar-refractivity contribution < 1.29 is 9.53 Å². The molecule has 1 fully saturated rings. The first kappa shape index (κ1) is 21.8. The van der Waals surface area contributed by atoms with E-state index in [4.69, 9.17) is 16.3 Å². The van der Waals surface area contributed by atoms with Gasteiger partial charge in [-0.1, -0.05) is 11.6 Å². The van der Waals surface area contributed by atoms with Gasteiger partial charge in [-0.15, -0.1) is 0 Å². The fourth-order valence-corrected chi connectivity index (χ4v) is 3.59. The van der Waals surface area contributed by atoms with E-state index in [1.807, 2.05) is 36.9 Å². The molecule has 1 aliphatic rings. The van der Waals surface area contributed by atoms with Gasteiger partial charge in [0.05, 0.1) is 0 Å². The van der Waals surface area contributed by atoms with Crippen LogP contribution in [0, 0.1) is 13.8 Å². The molecule has 2 aromatic heterocycles. The first-order valence-corrected chi connectivity index (χ1v) is 10.8. The Hall–Kier alpha value is -3.39. The number of carbonyl (C=O) groups excluding carboxylic acids is 1. The van der Waals surface area contributed by atoms with Gasteiger partial charge in [0.1, 0.15) is 29.0 Å². The summed E-state index contributed by atoms with van der Waals surface area (Å²) in [5.41, 5.74) is 1.12. The van der Waals surface area contributed by atoms with Crippen LogP contribution in [0.1, 0.15) is 11.4 Å². The highest BCUT2D eigenvalue weighted by atomic mass is 35.5. The minimum atomic E-state index is -0.0358. The van der Waals surface area contributed by atoms with Gasteiger partial charge < -0.3 is 19.9 Å². The SMILES string of the molecule is Cc1ccnc(Nc2cc(N3CCN(C(=O)COc4ccc(Cl)cc4)CC3)nc(C)n2)c1. The lowest BCUT2D eigenvalue weighted by atomic mass is 10.3. The van der Waals surface area contributed by atoms with Crippen molar-refractivity contribution in [1.82, 2.24) is 19.9 Å². The molecule has 0 spiro atoms. The number of aryl methyl sites for hydroxylation is 2. The van der Waals surface area contributed by atoms with Crippen LogP contribution in [-0.2, 0) is 4.79 Å². The highest BCUT2D eigenvalue weighted by Gasteiger charge is 2.23. The minimum absolute atomic E-state index is 0.00576. The number of nitrogens with zero attached hydrogens (tertiary/aromatic N) is 5. The second-order valence-corrected chi connectivity index (χ2v) is 8.05. The van der Waals surface area contributed by atoms with E-state index >= 15 is 0 Å². The van der Waals surface area contributed by atoms with Crippen LogP contribution in [0.5, 0.6) is 5.75 Å². The van der Waals surface area contributed by atoms with Crippen LogP contribution in [0.25, 0.3) is 0 Å². The first-order chi connectivity index (χ1) is 15.5. The van der Waals surface area contributed by atoms with Crippen LogP contribution in [-0.4, -0.2) is 58.5 Å². The predicted octanol–water partition coefficient (Wildman–Crippen LogP) is 3.61. The highest BCUT2D eigenvalue weighted by Crippen LogP contribution is 2.21. The average molecular weight is 453 g/mol. The molecule has 9 heteroatoms. The summed E-state index contributed by atoms with van der Waals surface area (Å²) in [4.78, 5) is 29.9. The monoisotopic (exact) mass is 452 g/mol. The summed E-state index contributed by atoms with van der Waals surface area (Å²) >= 11 is 5.88. The summed E-state index contributed by atoms with van der Waals surface area (Å²) in [5.74, 6) is 3.53. The fraction of sp³-hybridized carbons (Fsp3) is 0.304. The van der Waals surface area contributed by atoms with E-state index in [0.29, 0.717) is 48.6 Å². The number of pyridine rings is 1. The number of halogens is 1. The first-order valence-electron chi connectivity index (χ1n) is 10.4. The van der Waals surface area contributed by atoms with E-state index < -0.39 is 0 Å². The van der Waals surface area contributed by atoms with Crippen molar-refractivity contribution in [2.45, 2.75) is 13.8 Å². The molecule has 1 aromatic carbocycles. The number of rotatable bonds is 6. The number of piperazine rings is 1. The molecule has 8 nitrogen and oxygen atoms in total. The van der Waals surface area contributed by atoms with Crippen LogP contribution in [0.2, 0.25) is 5.02 Å². The number of nitrogens with one attached hydrogen (secondary N) is 1. The molecule has 0 aliphatic carbocycles. The number of anilines is 3. The molecule has 0 atom stereocenters. The Balaban J connectivity index is 1.33. The number of aromatic nitrogens is 3. The van der Waals surface area contributed by atoms with Crippen molar-refractivity contribution >= 4 is 35.0 Å². The molecule has 1 saturated heterocycles. The maximum Gasteiger partial charge on any atom is 0.260 e. The van der Waals surface area contributed by atoms with Crippen molar-refractivity contribution in [3.05, 3.63) is 65.1 Å². The van der Waals surface area contributed by atoms with E-state index in [0.717, 1.165) is 17.2 Å². The van der Waals surface area contributed by atoms with Gasteiger partial charge in [0.25, 0.3) is 5.91 Å². The topological polar surface area (TPSA) is 83.5 Å². The standard InChI is InChI=1S/C23H25ClN6O2/c1-16-7-8-25-20(13-16)28-21-14-22(27-17(2)26-21)29-9-11-30(12-10-29)23(31)15-32-19-5-3-18(24)4-6-19/h3-8,13-14H,9-12,15H2,1-2H3,(H,25,26,27,28).